The average Bonchev–Trinajstić information content (AvgIpc) is 3.18. The van der Waals surface area contributed by atoms with Crippen LogP contribution >= 0.6 is 0 Å². The van der Waals surface area contributed by atoms with Crippen molar-refractivity contribution in [2.75, 3.05) is 42.8 Å². The van der Waals surface area contributed by atoms with Crippen molar-refractivity contribution in [3.63, 3.8) is 0 Å². The van der Waals surface area contributed by atoms with Gasteiger partial charge < -0.3 is 20.0 Å². The third-order valence-electron chi connectivity index (χ3n) is 5.59. The fraction of sp³-hybridized carbons (Fsp3) is 0.364. The monoisotopic (exact) mass is 378 g/mol. The first kappa shape index (κ1) is 18.3. The van der Waals surface area contributed by atoms with E-state index < -0.39 is 0 Å². The minimum Gasteiger partial charge on any atom is -0.378 e. The molecule has 2 heterocycles. The third-order valence-corrected chi connectivity index (χ3v) is 5.59. The van der Waals surface area contributed by atoms with E-state index in [1.54, 1.807) is 18.0 Å². The van der Waals surface area contributed by atoms with Crippen LogP contribution in [0.25, 0.3) is 0 Å². The highest BCUT2D eigenvalue weighted by molar-refractivity contribution is 6.06. The molecule has 0 aromatic heterocycles. The van der Waals surface area contributed by atoms with Gasteiger partial charge in [0.2, 0.25) is 5.91 Å². The van der Waals surface area contributed by atoms with Gasteiger partial charge in [-0.15, -0.1) is 0 Å². The normalized spacial score (nSPS) is 17.6. The van der Waals surface area contributed by atoms with Crippen LogP contribution in [0.5, 0.6) is 0 Å². The maximum absolute atomic E-state index is 12.9. The molecular formula is C22H26N4O2. The van der Waals surface area contributed by atoms with Crippen LogP contribution < -0.4 is 15.1 Å². The van der Waals surface area contributed by atoms with E-state index in [0.29, 0.717) is 12.1 Å². The standard InChI is InChI=1S/C22H26N4O2/c1-24(2)17-9-6-15(7-10-17)14-25(3)22(28)16-8-11-19-18(13-16)23-21(27)20-5-4-12-26(19)20/h6-11,13,20H,4-5,12,14H2,1-3H3,(H,23,27)/t20-/m0/s1. The molecule has 0 bridgehead atoms. The Bertz CT molecular complexity index is 907. The largest absolute Gasteiger partial charge is 0.378 e. The Morgan fingerprint density at radius 2 is 1.89 bits per heavy atom. The number of rotatable bonds is 4. The number of anilines is 3. The van der Waals surface area contributed by atoms with Gasteiger partial charge in [-0.2, -0.15) is 0 Å². The molecule has 6 heteroatoms. The van der Waals surface area contributed by atoms with Gasteiger partial charge in [0.05, 0.1) is 11.4 Å². The number of nitrogens with zero attached hydrogens (tertiary/aromatic N) is 3. The average molecular weight is 378 g/mol. The Morgan fingerprint density at radius 1 is 1.14 bits per heavy atom. The predicted molar refractivity (Wildman–Crippen MR) is 112 cm³/mol. The zero-order valence-corrected chi connectivity index (χ0v) is 16.6. The zero-order chi connectivity index (χ0) is 19.8. The van der Waals surface area contributed by atoms with Crippen molar-refractivity contribution in [2.45, 2.75) is 25.4 Å². The lowest BCUT2D eigenvalue weighted by Crippen LogP contribution is -2.44. The molecule has 0 radical (unpaired) electrons. The summed E-state index contributed by atoms with van der Waals surface area (Å²) in [5.74, 6) is -0.0267. The van der Waals surface area contributed by atoms with Crippen molar-refractivity contribution in [1.29, 1.82) is 0 Å². The van der Waals surface area contributed by atoms with Crippen LogP contribution in [0, 0.1) is 0 Å². The van der Waals surface area contributed by atoms with Gasteiger partial charge in [-0.25, -0.2) is 0 Å². The number of amides is 2. The number of carbonyl (C=O) groups excluding carboxylic acids is 2. The minimum atomic E-state index is -0.0677. The second-order valence-electron chi connectivity index (χ2n) is 7.79. The summed E-state index contributed by atoms with van der Waals surface area (Å²) in [6.45, 7) is 1.42. The molecule has 1 atom stereocenters. The summed E-state index contributed by atoms with van der Waals surface area (Å²) < 4.78 is 0. The highest BCUT2D eigenvalue weighted by atomic mass is 16.2. The topological polar surface area (TPSA) is 55.9 Å². The molecule has 4 rings (SSSR count). The fourth-order valence-electron chi connectivity index (χ4n) is 4.03. The summed E-state index contributed by atoms with van der Waals surface area (Å²) in [5, 5.41) is 2.98. The molecule has 0 saturated carbocycles. The summed E-state index contributed by atoms with van der Waals surface area (Å²) in [6.07, 6.45) is 1.91. The smallest absolute Gasteiger partial charge is 0.253 e. The zero-order valence-electron chi connectivity index (χ0n) is 16.6. The SMILES string of the molecule is CN(Cc1ccc(N(C)C)cc1)C(=O)c1ccc2c(c1)NC(=O)[C@@H]1CCCN21. The number of hydrogen-bond donors (Lipinski definition) is 1. The first-order valence-electron chi connectivity index (χ1n) is 9.67. The van der Waals surface area contributed by atoms with Crippen molar-refractivity contribution in [1.82, 2.24) is 4.90 Å². The number of nitrogens with one attached hydrogen (secondary N) is 1. The maximum Gasteiger partial charge on any atom is 0.253 e. The first-order chi connectivity index (χ1) is 13.4. The van der Waals surface area contributed by atoms with Crippen molar-refractivity contribution in [3.05, 3.63) is 53.6 Å². The highest BCUT2D eigenvalue weighted by Gasteiger charge is 2.36. The Balaban J connectivity index is 1.50. The number of hydrogen-bond acceptors (Lipinski definition) is 4. The molecule has 1 saturated heterocycles. The van der Waals surface area contributed by atoms with Gasteiger partial charge >= 0.3 is 0 Å². The van der Waals surface area contributed by atoms with E-state index in [1.165, 1.54) is 0 Å². The summed E-state index contributed by atoms with van der Waals surface area (Å²) >= 11 is 0. The molecule has 2 aliphatic rings. The van der Waals surface area contributed by atoms with Crippen LogP contribution in [0.3, 0.4) is 0 Å². The van der Waals surface area contributed by atoms with Gasteiger partial charge in [0, 0.05) is 45.5 Å². The van der Waals surface area contributed by atoms with Gasteiger partial charge in [0.15, 0.2) is 0 Å². The Hall–Kier alpha value is -3.02. The van der Waals surface area contributed by atoms with Crippen LogP contribution in [0.15, 0.2) is 42.5 Å². The maximum atomic E-state index is 12.9. The Morgan fingerprint density at radius 3 is 2.61 bits per heavy atom. The first-order valence-corrected chi connectivity index (χ1v) is 9.67. The molecule has 0 spiro atoms. The lowest BCUT2D eigenvalue weighted by molar-refractivity contribution is -0.117. The Labute approximate surface area is 165 Å². The highest BCUT2D eigenvalue weighted by Crippen LogP contribution is 2.37. The van der Waals surface area contributed by atoms with Gasteiger partial charge in [-0.05, 0) is 48.7 Å². The molecule has 2 amide bonds. The molecular weight excluding hydrogens is 352 g/mol. The molecule has 2 aliphatic heterocycles. The van der Waals surface area contributed by atoms with E-state index in [-0.39, 0.29) is 17.9 Å². The molecule has 1 fully saturated rings. The van der Waals surface area contributed by atoms with E-state index in [9.17, 15) is 9.59 Å². The number of fused-ring (bicyclic) bond motifs is 3. The molecule has 6 nitrogen and oxygen atoms in total. The van der Waals surface area contributed by atoms with Gasteiger partial charge in [0.25, 0.3) is 5.91 Å². The summed E-state index contributed by atoms with van der Waals surface area (Å²) in [6, 6.07) is 13.7. The second kappa shape index (κ2) is 7.19. The van der Waals surface area contributed by atoms with E-state index in [4.69, 9.17) is 0 Å². The molecule has 2 aromatic carbocycles. The van der Waals surface area contributed by atoms with E-state index in [2.05, 4.69) is 22.3 Å². The van der Waals surface area contributed by atoms with Gasteiger partial charge in [0.1, 0.15) is 6.04 Å². The van der Waals surface area contributed by atoms with Gasteiger partial charge in [-0.3, -0.25) is 9.59 Å². The predicted octanol–water partition coefficient (Wildman–Crippen LogP) is 2.95. The lowest BCUT2D eigenvalue weighted by atomic mass is 10.1. The van der Waals surface area contributed by atoms with E-state index in [1.807, 2.05) is 43.3 Å². The van der Waals surface area contributed by atoms with Crippen LogP contribution in [-0.4, -0.2) is 50.4 Å². The summed E-state index contributed by atoms with van der Waals surface area (Å²) in [4.78, 5) is 31.1. The van der Waals surface area contributed by atoms with Crippen molar-refractivity contribution < 1.29 is 9.59 Å². The summed E-state index contributed by atoms with van der Waals surface area (Å²) in [7, 11) is 5.81. The van der Waals surface area contributed by atoms with Crippen LogP contribution in [0.4, 0.5) is 17.1 Å². The van der Waals surface area contributed by atoms with Crippen molar-refractivity contribution in [3.8, 4) is 0 Å². The number of benzene rings is 2. The van der Waals surface area contributed by atoms with Gasteiger partial charge in [-0.1, -0.05) is 12.1 Å². The molecule has 146 valence electrons. The molecule has 0 unspecified atom stereocenters. The second-order valence-corrected chi connectivity index (χ2v) is 7.79. The molecule has 28 heavy (non-hydrogen) atoms. The molecule has 1 N–H and O–H groups in total. The third kappa shape index (κ3) is 3.30. The lowest BCUT2D eigenvalue weighted by Gasteiger charge is -2.33. The minimum absolute atomic E-state index is 0.0314. The summed E-state index contributed by atoms with van der Waals surface area (Å²) in [5.41, 5.74) is 4.54. The quantitative estimate of drug-likeness (QED) is 0.889. The van der Waals surface area contributed by atoms with E-state index in [0.717, 1.165) is 42.0 Å². The van der Waals surface area contributed by atoms with Crippen LogP contribution in [-0.2, 0) is 11.3 Å². The van der Waals surface area contributed by atoms with Crippen molar-refractivity contribution >= 4 is 28.9 Å². The van der Waals surface area contributed by atoms with E-state index >= 15 is 0 Å². The molecule has 2 aromatic rings. The molecule has 0 aliphatic carbocycles. The van der Waals surface area contributed by atoms with Crippen molar-refractivity contribution in [2.24, 2.45) is 0 Å². The number of carbonyl (C=O) groups is 2. The Kier molecular flexibility index (Phi) is 4.71. The van der Waals surface area contributed by atoms with Crippen LogP contribution in [0.1, 0.15) is 28.8 Å². The fourth-order valence-corrected chi connectivity index (χ4v) is 4.03. The van der Waals surface area contributed by atoms with Crippen LogP contribution in [0.2, 0.25) is 0 Å².